The van der Waals surface area contributed by atoms with Gasteiger partial charge in [-0.3, -0.25) is 0 Å². The summed E-state index contributed by atoms with van der Waals surface area (Å²) in [5.41, 5.74) is 2.22. The van der Waals surface area contributed by atoms with E-state index in [2.05, 4.69) is 5.10 Å². The molecular weight excluding hydrogens is 268 g/mol. The van der Waals surface area contributed by atoms with Crippen molar-refractivity contribution in [1.82, 2.24) is 9.78 Å². The zero-order valence-electron chi connectivity index (χ0n) is 13.1. The van der Waals surface area contributed by atoms with Gasteiger partial charge in [0, 0.05) is 7.05 Å². The molecule has 114 valence electrons. The zero-order valence-corrected chi connectivity index (χ0v) is 13.1. The molecule has 1 heterocycles. The third-order valence-electron chi connectivity index (χ3n) is 3.25. The first-order valence-corrected chi connectivity index (χ1v) is 6.96. The normalized spacial score (nSPS) is 12.5. The van der Waals surface area contributed by atoms with E-state index in [1.165, 1.54) is 0 Å². The summed E-state index contributed by atoms with van der Waals surface area (Å²) in [5, 5.41) is 14.9. The predicted octanol–water partition coefficient (Wildman–Crippen LogP) is 2.61. The van der Waals surface area contributed by atoms with Crippen LogP contribution in [0.5, 0.6) is 11.6 Å². The molecule has 0 radical (unpaired) electrons. The number of aromatic nitrogens is 2. The fraction of sp³-hybridized carbons (Fsp3) is 0.438. The Bertz CT molecular complexity index is 603. The van der Waals surface area contributed by atoms with Gasteiger partial charge >= 0.3 is 0 Å². The molecule has 21 heavy (non-hydrogen) atoms. The van der Waals surface area contributed by atoms with Crippen LogP contribution in [-0.2, 0) is 7.05 Å². The highest BCUT2D eigenvalue weighted by Crippen LogP contribution is 2.32. The zero-order chi connectivity index (χ0) is 15.6. The molecule has 0 aliphatic rings. The van der Waals surface area contributed by atoms with Crippen LogP contribution in [0.4, 0.5) is 0 Å². The molecule has 0 saturated heterocycles. The molecule has 5 heteroatoms. The standard InChI is InChI=1S/C16H22N2O3/c1-10(2)21-13-8-6-12(7-9-13)15(19)14-11(3)17-18(4)16(14)20-5/h6-10,15,19H,1-5H3. The molecule has 2 rings (SSSR count). The molecular formula is C16H22N2O3. The van der Waals surface area contributed by atoms with Gasteiger partial charge in [-0.05, 0) is 38.5 Å². The van der Waals surface area contributed by atoms with Crippen molar-refractivity contribution in [2.75, 3.05) is 7.11 Å². The van der Waals surface area contributed by atoms with Crippen molar-refractivity contribution in [3.05, 3.63) is 41.1 Å². The Morgan fingerprint density at radius 1 is 1.19 bits per heavy atom. The van der Waals surface area contributed by atoms with Crippen LogP contribution in [0.25, 0.3) is 0 Å². The molecule has 1 N–H and O–H groups in total. The number of hydrogen-bond donors (Lipinski definition) is 1. The first kappa shape index (κ1) is 15.4. The van der Waals surface area contributed by atoms with Crippen LogP contribution in [0.15, 0.2) is 24.3 Å². The minimum absolute atomic E-state index is 0.126. The van der Waals surface area contributed by atoms with Crippen LogP contribution in [0.2, 0.25) is 0 Å². The molecule has 0 aliphatic carbocycles. The second-order valence-corrected chi connectivity index (χ2v) is 5.27. The van der Waals surface area contributed by atoms with Crippen molar-refractivity contribution in [3.8, 4) is 11.6 Å². The Kier molecular flexibility index (Phi) is 4.53. The molecule has 5 nitrogen and oxygen atoms in total. The van der Waals surface area contributed by atoms with Gasteiger partial charge < -0.3 is 14.6 Å². The number of aryl methyl sites for hydroxylation is 2. The highest BCUT2D eigenvalue weighted by molar-refractivity contribution is 5.40. The average molecular weight is 290 g/mol. The van der Waals surface area contributed by atoms with Crippen molar-refractivity contribution >= 4 is 0 Å². The quantitative estimate of drug-likeness (QED) is 0.919. The Balaban J connectivity index is 2.30. The molecule has 0 bridgehead atoms. The lowest BCUT2D eigenvalue weighted by molar-refractivity contribution is 0.212. The molecule has 0 amide bonds. The Morgan fingerprint density at radius 2 is 1.81 bits per heavy atom. The van der Waals surface area contributed by atoms with Crippen molar-refractivity contribution in [2.45, 2.75) is 33.0 Å². The summed E-state index contributed by atoms with van der Waals surface area (Å²) in [5.74, 6) is 1.36. The Hall–Kier alpha value is -2.01. The van der Waals surface area contributed by atoms with Crippen LogP contribution in [0.3, 0.4) is 0 Å². The number of methoxy groups -OCH3 is 1. The van der Waals surface area contributed by atoms with E-state index in [0.717, 1.165) is 17.0 Å². The highest BCUT2D eigenvalue weighted by atomic mass is 16.5. The third-order valence-corrected chi connectivity index (χ3v) is 3.25. The molecule has 1 aromatic carbocycles. The van der Waals surface area contributed by atoms with Gasteiger partial charge in [-0.2, -0.15) is 5.10 Å². The summed E-state index contributed by atoms with van der Waals surface area (Å²) < 4.78 is 12.6. The third kappa shape index (κ3) is 3.19. The summed E-state index contributed by atoms with van der Waals surface area (Å²) in [6.07, 6.45) is -0.650. The van der Waals surface area contributed by atoms with Crippen LogP contribution in [0.1, 0.15) is 36.8 Å². The van der Waals surface area contributed by atoms with E-state index < -0.39 is 6.10 Å². The maximum Gasteiger partial charge on any atom is 0.217 e. The van der Waals surface area contributed by atoms with Gasteiger partial charge in [0.1, 0.15) is 11.9 Å². The maximum atomic E-state index is 10.6. The first-order chi connectivity index (χ1) is 9.93. The van der Waals surface area contributed by atoms with Crippen LogP contribution < -0.4 is 9.47 Å². The second-order valence-electron chi connectivity index (χ2n) is 5.27. The lowest BCUT2D eigenvalue weighted by Gasteiger charge is -2.14. The van der Waals surface area contributed by atoms with Gasteiger partial charge in [-0.1, -0.05) is 12.1 Å². The maximum absolute atomic E-state index is 10.6. The number of aliphatic hydroxyl groups excluding tert-OH is 1. The minimum atomic E-state index is -0.776. The van der Waals surface area contributed by atoms with E-state index in [1.807, 2.05) is 45.0 Å². The van der Waals surface area contributed by atoms with Crippen molar-refractivity contribution < 1.29 is 14.6 Å². The summed E-state index contributed by atoms with van der Waals surface area (Å²) in [6.45, 7) is 5.82. The van der Waals surface area contributed by atoms with Crippen molar-refractivity contribution in [2.24, 2.45) is 7.05 Å². The molecule has 0 aliphatic heterocycles. The summed E-state index contributed by atoms with van der Waals surface area (Å²) in [7, 11) is 3.37. The van der Waals surface area contributed by atoms with E-state index in [0.29, 0.717) is 11.4 Å². The van der Waals surface area contributed by atoms with Gasteiger partial charge in [0.2, 0.25) is 5.88 Å². The fourth-order valence-electron chi connectivity index (χ4n) is 2.38. The molecule has 0 saturated carbocycles. The largest absolute Gasteiger partial charge is 0.491 e. The average Bonchev–Trinajstić information content (AvgIpc) is 2.72. The summed E-state index contributed by atoms with van der Waals surface area (Å²) in [4.78, 5) is 0. The summed E-state index contributed by atoms with van der Waals surface area (Å²) >= 11 is 0. The van der Waals surface area contributed by atoms with E-state index in [-0.39, 0.29) is 6.10 Å². The van der Waals surface area contributed by atoms with Gasteiger partial charge in [0.25, 0.3) is 0 Å². The minimum Gasteiger partial charge on any atom is -0.491 e. The monoisotopic (exact) mass is 290 g/mol. The molecule has 0 fully saturated rings. The van der Waals surface area contributed by atoms with Crippen LogP contribution in [0, 0.1) is 6.92 Å². The number of hydrogen-bond acceptors (Lipinski definition) is 4. The van der Waals surface area contributed by atoms with Gasteiger partial charge in [0.05, 0.1) is 24.5 Å². The van der Waals surface area contributed by atoms with Gasteiger partial charge in [0.15, 0.2) is 0 Å². The van der Waals surface area contributed by atoms with E-state index in [4.69, 9.17) is 9.47 Å². The van der Waals surface area contributed by atoms with Crippen molar-refractivity contribution in [3.63, 3.8) is 0 Å². The van der Waals surface area contributed by atoms with Crippen LogP contribution in [-0.4, -0.2) is 28.1 Å². The number of aliphatic hydroxyl groups is 1. The van der Waals surface area contributed by atoms with Crippen molar-refractivity contribution in [1.29, 1.82) is 0 Å². The topological polar surface area (TPSA) is 56.5 Å². The predicted molar refractivity (Wildman–Crippen MR) is 80.8 cm³/mol. The number of nitrogens with zero attached hydrogens (tertiary/aromatic N) is 2. The number of rotatable bonds is 5. The fourth-order valence-corrected chi connectivity index (χ4v) is 2.38. The van der Waals surface area contributed by atoms with Gasteiger partial charge in [-0.15, -0.1) is 0 Å². The Labute approximate surface area is 125 Å². The number of benzene rings is 1. The Morgan fingerprint density at radius 3 is 2.33 bits per heavy atom. The lowest BCUT2D eigenvalue weighted by Crippen LogP contribution is -2.06. The molecule has 0 spiro atoms. The molecule has 2 aromatic rings. The smallest absolute Gasteiger partial charge is 0.217 e. The lowest BCUT2D eigenvalue weighted by atomic mass is 10.0. The number of ether oxygens (including phenoxy) is 2. The SMILES string of the molecule is COc1c(C(O)c2ccc(OC(C)C)cc2)c(C)nn1C. The second kappa shape index (κ2) is 6.18. The molecule has 1 aromatic heterocycles. The van der Waals surface area contributed by atoms with E-state index in [9.17, 15) is 5.11 Å². The molecule has 1 atom stereocenters. The molecule has 1 unspecified atom stereocenters. The first-order valence-electron chi connectivity index (χ1n) is 6.96. The van der Waals surface area contributed by atoms with Crippen LogP contribution >= 0.6 is 0 Å². The summed E-state index contributed by atoms with van der Waals surface area (Å²) in [6, 6.07) is 7.43. The van der Waals surface area contributed by atoms with E-state index in [1.54, 1.807) is 18.8 Å². The highest BCUT2D eigenvalue weighted by Gasteiger charge is 2.22. The van der Waals surface area contributed by atoms with Gasteiger partial charge in [-0.25, -0.2) is 4.68 Å². The van der Waals surface area contributed by atoms with E-state index >= 15 is 0 Å².